The lowest BCUT2D eigenvalue weighted by atomic mass is 9.86. The van der Waals surface area contributed by atoms with Crippen LogP contribution in [-0.4, -0.2) is 66.4 Å². The number of aliphatic hydroxyl groups excluding tert-OH is 1. The van der Waals surface area contributed by atoms with E-state index in [-0.39, 0.29) is 6.10 Å². The number of aliphatic hydroxyl groups is 1. The zero-order chi connectivity index (χ0) is 21.0. The second-order valence-electron chi connectivity index (χ2n) is 9.39. The first-order chi connectivity index (χ1) is 15.2. The third kappa shape index (κ3) is 5.22. The summed E-state index contributed by atoms with van der Waals surface area (Å²) in [4.78, 5) is 4.86. The summed E-state index contributed by atoms with van der Waals surface area (Å²) < 4.78 is 12.0. The van der Waals surface area contributed by atoms with Crippen LogP contribution in [0.5, 0.6) is 17.2 Å². The first-order valence-corrected chi connectivity index (χ1v) is 11.9. The molecule has 4 bridgehead atoms. The minimum Gasteiger partial charge on any atom is -0.489 e. The maximum absolute atomic E-state index is 9.36. The molecule has 5 nitrogen and oxygen atoms in total. The molecule has 0 saturated carbocycles. The average Bonchev–Trinajstić information content (AvgIpc) is 2.83. The SMILES string of the molecule is OC1CN2CCC1CC2.c1ccc(Oc2ccc(O[C@@H]3CN4CCC3CC4)cc2)cc1. The fourth-order valence-electron chi connectivity index (χ4n) is 5.36. The topological polar surface area (TPSA) is 45.2 Å². The average molecular weight is 423 g/mol. The van der Waals surface area contributed by atoms with E-state index >= 15 is 0 Å². The zero-order valence-corrected chi connectivity index (χ0v) is 18.2. The molecule has 0 radical (unpaired) electrons. The summed E-state index contributed by atoms with van der Waals surface area (Å²) in [5, 5.41) is 9.36. The molecule has 0 aromatic heterocycles. The van der Waals surface area contributed by atoms with Crippen molar-refractivity contribution in [3.63, 3.8) is 0 Å². The van der Waals surface area contributed by atoms with Crippen molar-refractivity contribution in [3.8, 4) is 17.2 Å². The Kier molecular flexibility index (Phi) is 6.44. The van der Waals surface area contributed by atoms with Crippen LogP contribution in [0, 0.1) is 11.8 Å². The van der Waals surface area contributed by atoms with Crippen molar-refractivity contribution >= 4 is 0 Å². The number of benzene rings is 2. The second kappa shape index (κ2) is 9.60. The van der Waals surface area contributed by atoms with Crippen LogP contribution < -0.4 is 9.47 Å². The Bertz CT molecular complexity index is 812. The Balaban J connectivity index is 0.000000189. The van der Waals surface area contributed by atoms with E-state index < -0.39 is 0 Å². The first-order valence-electron chi connectivity index (χ1n) is 11.9. The predicted octanol–water partition coefficient (Wildman–Crippen LogP) is 4.02. The molecule has 0 amide bonds. The number of hydrogen-bond donors (Lipinski definition) is 1. The van der Waals surface area contributed by atoms with Gasteiger partial charge in [0.25, 0.3) is 0 Å². The normalized spacial score (nSPS) is 33.3. The molecule has 5 heteroatoms. The fraction of sp³-hybridized carbons (Fsp3) is 0.538. The monoisotopic (exact) mass is 422 g/mol. The first kappa shape index (κ1) is 20.8. The van der Waals surface area contributed by atoms with Gasteiger partial charge in [-0.15, -0.1) is 0 Å². The van der Waals surface area contributed by atoms with E-state index in [0.29, 0.717) is 12.0 Å². The highest BCUT2D eigenvalue weighted by Crippen LogP contribution is 2.31. The Morgan fingerprint density at radius 1 is 0.645 bits per heavy atom. The quantitative estimate of drug-likeness (QED) is 0.806. The van der Waals surface area contributed by atoms with Gasteiger partial charge in [0.05, 0.1) is 6.10 Å². The van der Waals surface area contributed by atoms with Crippen LogP contribution in [0.25, 0.3) is 0 Å². The summed E-state index contributed by atoms with van der Waals surface area (Å²) >= 11 is 0. The molecule has 1 unspecified atom stereocenters. The molecule has 2 aromatic carbocycles. The van der Waals surface area contributed by atoms with E-state index in [1.807, 2.05) is 54.6 Å². The molecule has 6 aliphatic heterocycles. The Morgan fingerprint density at radius 3 is 1.68 bits per heavy atom. The minimum absolute atomic E-state index is 0.00694. The highest BCUT2D eigenvalue weighted by atomic mass is 16.5. The molecule has 166 valence electrons. The molecule has 0 spiro atoms. The van der Waals surface area contributed by atoms with Gasteiger partial charge in [0.2, 0.25) is 0 Å². The predicted molar refractivity (Wildman–Crippen MR) is 122 cm³/mol. The lowest BCUT2D eigenvalue weighted by molar-refractivity contribution is -0.0227. The number of para-hydroxylation sites is 1. The van der Waals surface area contributed by atoms with Gasteiger partial charge in [-0.1, -0.05) is 18.2 Å². The highest BCUT2D eigenvalue weighted by molar-refractivity contribution is 5.35. The summed E-state index contributed by atoms with van der Waals surface area (Å²) in [5.41, 5.74) is 0. The molecule has 6 fully saturated rings. The van der Waals surface area contributed by atoms with Crippen LogP contribution in [0.2, 0.25) is 0 Å². The van der Waals surface area contributed by atoms with Crippen molar-refractivity contribution in [2.45, 2.75) is 37.9 Å². The molecule has 6 aliphatic rings. The van der Waals surface area contributed by atoms with Crippen molar-refractivity contribution in [2.24, 2.45) is 11.8 Å². The maximum Gasteiger partial charge on any atom is 0.127 e. The third-order valence-electron chi connectivity index (χ3n) is 7.31. The molecule has 2 atom stereocenters. The number of piperidine rings is 6. The van der Waals surface area contributed by atoms with Gasteiger partial charge in [-0.25, -0.2) is 0 Å². The summed E-state index contributed by atoms with van der Waals surface area (Å²) in [7, 11) is 0. The highest BCUT2D eigenvalue weighted by Gasteiger charge is 2.35. The van der Waals surface area contributed by atoms with Crippen LogP contribution >= 0.6 is 0 Å². The minimum atomic E-state index is -0.00694. The number of nitrogens with zero attached hydrogens (tertiary/aromatic N) is 2. The number of rotatable bonds is 4. The van der Waals surface area contributed by atoms with Crippen LogP contribution in [0.15, 0.2) is 54.6 Å². The molecule has 6 heterocycles. The van der Waals surface area contributed by atoms with Gasteiger partial charge in [0.1, 0.15) is 23.4 Å². The summed E-state index contributed by atoms with van der Waals surface area (Å²) in [6.07, 6.45) is 5.35. The van der Waals surface area contributed by atoms with E-state index in [1.54, 1.807) is 0 Å². The molecule has 0 aliphatic carbocycles. The zero-order valence-electron chi connectivity index (χ0n) is 18.2. The van der Waals surface area contributed by atoms with Gasteiger partial charge in [0.15, 0.2) is 0 Å². The van der Waals surface area contributed by atoms with Crippen LogP contribution in [0.1, 0.15) is 25.7 Å². The number of fused-ring (bicyclic) bond motifs is 6. The van der Waals surface area contributed by atoms with Crippen LogP contribution in [-0.2, 0) is 0 Å². The Morgan fingerprint density at radius 2 is 1.19 bits per heavy atom. The van der Waals surface area contributed by atoms with Gasteiger partial charge in [-0.2, -0.15) is 0 Å². The molecule has 8 rings (SSSR count). The van der Waals surface area contributed by atoms with Crippen molar-refractivity contribution in [1.29, 1.82) is 0 Å². The molecule has 2 aromatic rings. The Hall–Kier alpha value is -2.08. The maximum atomic E-state index is 9.36. The van der Waals surface area contributed by atoms with Crippen molar-refractivity contribution in [3.05, 3.63) is 54.6 Å². The van der Waals surface area contributed by atoms with E-state index in [0.717, 1.165) is 36.3 Å². The third-order valence-corrected chi connectivity index (χ3v) is 7.31. The van der Waals surface area contributed by atoms with Gasteiger partial charge >= 0.3 is 0 Å². The fourth-order valence-corrected chi connectivity index (χ4v) is 5.36. The second-order valence-corrected chi connectivity index (χ2v) is 9.39. The van der Waals surface area contributed by atoms with Crippen LogP contribution in [0.4, 0.5) is 0 Å². The van der Waals surface area contributed by atoms with Gasteiger partial charge < -0.3 is 19.5 Å². The largest absolute Gasteiger partial charge is 0.489 e. The van der Waals surface area contributed by atoms with Crippen molar-refractivity contribution in [1.82, 2.24) is 9.80 Å². The lowest BCUT2D eigenvalue weighted by Gasteiger charge is -2.44. The number of ether oxygens (including phenoxy) is 2. The Labute approximate surface area is 185 Å². The molecule has 6 saturated heterocycles. The van der Waals surface area contributed by atoms with E-state index in [4.69, 9.17) is 9.47 Å². The summed E-state index contributed by atoms with van der Waals surface area (Å²) in [6.45, 7) is 6.95. The lowest BCUT2D eigenvalue weighted by Crippen LogP contribution is -2.52. The smallest absolute Gasteiger partial charge is 0.127 e. The van der Waals surface area contributed by atoms with E-state index in [1.165, 1.54) is 51.9 Å². The molecular weight excluding hydrogens is 388 g/mol. The van der Waals surface area contributed by atoms with Crippen molar-refractivity contribution in [2.75, 3.05) is 39.3 Å². The van der Waals surface area contributed by atoms with Gasteiger partial charge in [-0.05, 0) is 100 Å². The van der Waals surface area contributed by atoms with E-state index in [2.05, 4.69) is 9.80 Å². The van der Waals surface area contributed by atoms with Gasteiger partial charge in [-0.3, -0.25) is 4.90 Å². The molecular formula is C26H34N2O3. The number of hydrogen-bond acceptors (Lipinski definition) is 5. The van der Waals surface area contributed by atoms with Crippen LogP contribution in [0.3, 0.4) is 0 Å². The summed E-state index contributed by atoms with van der Waals surface area (Å²) in [5.74, 6) is 4.00. The van der Waals surface area contributed by atoms with Crippen molar-refractivity contribution < 1.29 is 14.6 Å². The van der Waals surface area contributed by atoms with E-state index in [9.17, 15) is 5.11 Å². The summed E-state index contributed by atoms with van der Waals surface area (Å²) in [6, 6.07) is 17.8. The molecule has 1 N–H and O–H groups in total. The molecule has 31 heavy (non-hydrogen) atoms. The standard InChI is InChI=1S/C19H21NO2.C7H13NO/c1-2-4-16(5-3-1)21-17-6-8-18(9-7-17)22-19-14-20-12-10-15(19)11-13-20;9-7-5-8-3-1-6(7)2-4-8/h1-9,15,19H,10-14H2;6-7,9H,1-5H2/t19-;/m1./s1. The van der Waals surface area contributed by atoms with Gasteiger partial charge in [0, 0.05) is 13.1 Å².